The molecule has 0 saturated heterocycles. The molecule has 2 aromatic carbocycles. The van der Waals surface area contributed by atoms with E-state index < -0.39 is 12.5 Å². The van der Waals surface area contributed by atoms with Crippen molar-refractivity contribution >= 4 is 39.7 Å². The van der Waals surface area contributed by atoms with Gasteiger partial charge in [-0.15, -0.1) is 0 Å². The van der Waals surface area contributed by atoms with Crippen molar-refractivity contribution in [2.45, 2.75) is 20.5 Å². The second kappa shape index (κ2) is 13.2. The number of aryl methyl sites for hydroxylation is 1. The third kappa shape index (κ3) is 7.14. The van der Waals surface area contributed by atoms with Crippen LogP contribution in [-0.2, 0) is 11.8 Å². The number of alkyl halides is 2. The summed E-state index contributed by atoms with van der Waals surface area (Å²) in [6, 6.07) is 10.6. The molecule has 216 valence electrons. The Morgan fingerprint density at radius 1 is 1.12 bits per heavy atom. The van der Waals surface area contributed by atoms with Crippen molar-refractivity contribution in [3.63, 3.8) is 0 Å². The van der Waals surface area contributed by atoms with Crippen molar-refractivity contribution in [2.75, 3.05) is 48.8 Å². The highest BCUT2D eigenvalue weighted by atomic mass is 19.3. The lowest BCUT2D eigenvalue weighted by Crippen LogP contribution is -2.33. The smallest absolute Gasteiger partial charge is 0.387 e. The molecule has 0 atom stereocenters. The predicted molar refractivity (Wildman–Crippen MR) is 158 cm³/mol. The maximum absolute atomic E-state index is 13.5. The summed E-state index contributed by atoms with van der Waals surface area (Å²) in [4.78, 5) is 25.1. The lowest BCUT2D eigenvalue weighted by Gasteiger charge is -2.27. The van der Waals surface area contributed by atoms with Crippen molar-refractivity contribution in [1.82, 2.24) is 24.6 Å². The molecule has 0 aliphatic carbocycles. The van der Waals surface area contributed by atoms with E-state index in [0.29, 0.717) is 29.4 Å². The molecule has 0 bridgehead atoms. The first-order chi connectivity index (χ1) is 19.7. The Kier molecular flexibility index (Phi) is 9.45. The highest BCUT2D eigenvalue weighted by molar-refractivity contribution is 6.02. The Morgan fingerprint density at radius 2 is 1.90 bits per heavy atom. The van der Waals surface area contributed by atoms with Crippen LogP contribution in [0.1, 0.15) is 13.8 Å². The molecule has 0 spiro atoms. The largest absolute Gasteiger partial charge is 0.433 e. The number of aromatic nitrogens is 4. The van der Waals surface area contributed by atoms with Crippen LogP contribution in [0, 0.1) is 0 Å². The van der Waals surface area contributed by atoms with Crippen molar-refractivity contribution in [1.29, 1.82) is 0 Å². The van der Waals surface area contributed by atoms with Gasteiger partial charge in [0.25, 0.3) is 0 Å². The van der Waals surface area contributed by atoms with Gasteiger partial charge in [0, 0.05) is 50.3 Å². The van der Waals surface area contributed by atoms with Gasteiger partial charge in [0.15, 0.2) is 5.75 Å². The normalized spacial score (nSPS) is 11.2. The molecular weight excluding hydrogens is 530 g/mol. The highest BCUT2D eigenvalue weighted by Crippen LogP contribution is 2.39. The summed E-state index contributed by atoms with van der Waals surface area (Å²) in [5.41, 5.74) is 3.50. The SMILES string of the molecule is C=CC(=O)Nc1cc(Nc2cc(-c3ccc4cnn(C)c4c3)ncn2)c(OC(F)F)cc1N(C)CCN(CC)CC. The molecule has 10 nitrogen and oxygen atoms in total. The third-order valence-electron chi connectivity index (χ3n) is 6.79. The Bertz CT molecular complexity index is 1520. The topological polar surface area (TPSA) is 100 Å². The number of carbonyl (C=O) groups excluding carboxylic acids is 1. The minimum absolute atomic E-state index is 0.0993. The summed E-state index contributed by atoms with van der Waals surface area (Å²) < 4.78 is 33.7. The molecule has 0 aliphatic heterocycles. The van der Waals surface area contributed by atoms with Crippen molar-refractivity contribution in [3.05, 3.63) is 61.6 Å². The number of fused-ring (bicyclic) bond motifs is 1. The Hall–Kier alpha value is -4.58. The van der Waals surface area contributed by atoms with Gasteiger partial charge < -0.3 is 25.2 Å². The summed E-state index contributed by atoms with van der Waals surface area (Å²) in [5, 5.41) is 11.1. The van der Waals surface area contributed by atoms with E-state index in [1.54, 1.807) is 23.0 Å². The first-order valence-electron chi connectivity index (χ1n) is 13.2. The zero-order chi connectivity index (χ0) is 29.5. The van der Waals surface area contributed by atoms with Crippen LogP contribution in [0.2, 0.25) is 0 Å². The molecule has 4 aromatic rings. The second-order valence-corrected chi connectivity index (χ2v) is 9.34. The molecule has 0 fully saturated rings. The van der Waals surface area contributed by atoms with Crippen LogP contribution in [0.4, 0.5) is 31.7 Å². The number of hydrogen-bond acceptors (Lipinski definition) is 8. The number of nitrogens with zero attached hydrogens (tertiary/aromatic N) is 6. The van der Waals surface area contributed by atoms with Gasteiger partial charge in [-0.2, -0.15) is 13.9 Å². The molecule has 0 aliphatic rings. The number of likely N-dealkylation sites (N-methyl/N-ethyl adjacent to an activating group) is 2. The van der Waals surface area contributed by atoms with E-state index >= 15 is 0 Å². The molecule has 0 saturated carbocycles. The Balaban J connectivity index is 1.70. The fourth-order valence-corrected chi connectivity index (χ4v) is 4.44. The number of nitrogens with one attached hydrogen (secondary N) is 2. The number of rotatable bonds is 13. The van der Waals surface area contributed by atoms with Crippen LogP contribution < -0.4 is 20.3 Å². The summed E-state index contributed by atoms with van der Waals surface area (Å²) in [7, 11) is 3.69. The molecule has 0 unspecified atom stereocenters. The fraction of sp³-hybridized carbons (Fsp3) is 0.310. The lowest BCUT2D eigenvalue weighted by molar-refractivity contribution is -0.111. The van der Waals surface area contributed by atoms with Gasteiger partial charge in [0.2, 0.25) is 5.91 Å². The van der Waals surface area contributed by atoms with Gasteiger partial charge in [0.05, 0.1) is 34.5 Å². The standard InChI is InChI=1S/C29H34F2N8O2/c1-6-28(40)36-22-14-23(26(41-29(30)31)16-25(22)37(4)11-12-39(7-2)8-3)35-27-15-21(32-18-33-27)19-9-10-20-17-34-38(5)24(20)13-19/h6,9-10,13-18,29H,1,7-8,11-12H2,2-5H3,(H,36,40)(H,32,33,35). The maximum atomic E-state index is 13.5. The molecule has 12 heteroatoms. The zero-order valence-electron chi connectivity index (χ0n) is 23.6. The van der Waals surface area contributed by atoms with Crippen LogP contribution >= 0.6 is 0 Å². The molecule has 1 amide bonds. The summed E-state index contributed by atoms with van der Waals surface area (Å²) in [6.45, 7) is 7.71. The van der Waals surface area contributed by atoms with Crippen molar-refractivity contribution in [2.24, 2.45) is 7.05 Å². The van der Waals surface area contributed by atoms with Crippen molar-refractivity contribution < 1.29 is 18.3 Å². The third-order valence-corrected chi connectivity index (χ3v) is 6.79. The minimum Gasteiger partial charge on any atom is -0.433 e. The number of benzene rings is 2. The molecule has 2 aromatic heterocycles. The van der Waals surface area contributed by atoms with Crippen molar-refractivity contribution in [3.8, 4) is 17.0 Å². The summed E-state index contributed by atoms with van der Waals surface area (Å²) >= 11 is 0. The van der Waals surface area contributed by atoms with E-state index in [0.717, 1.165) is 42.2 Å². The van der Waals surface area contributed by atoms with Gasteiger partial charge in [-0.3, -0.25) is 9.48 Å². The maximum Gasteiger partial charge on any atom is 0.387 e. The first-order valence-corrected chi connectivity index (χ1v) is 13.2. The summed E-state index contributed by atoms with van der Waals surface area (Å²) in [5.74, 6) is -0.188. The van der Waals surface area contributed by atoms with Crippen LogP contribution in [-0.4, -0.2) is 70.4 Å². The number of hydrogen-bond donors (Lipinski definition) is 2. The van der Waals surface area contributed by atoms with E-state index in [1.807, 2.05) is 37.2 Å². The molecular formula is C29H34F2N8O2. The van der Waals surface area contributed by atoms with Gasteiger partial charge in [0.1, 0.15) is 12.1 Å². The Labute approximate surface area is 237 Å². The molecule has 4 rings (SSSR count). The molecule has 2 N–H and O–H groups in total. The second-order valence-electron chi connectivity index (χ2n) is 9.34. The molecule has 41 heavy (non-hydrogen) atoms. The van der Waals surface area contributed by atoms with Crippen LogP contribution in [0.3, 0.4) is 0 Å². The molecule has 2 heterocycles. The predicted octanol–water partition coefficient (Wildman–Crippen LogP) is 5.28. The minimum atomic E-state index is -3.07. The average Bonchev–Trinajstić information content (AvgIpc) is 3.34. The lowest BCUT2D eigenvalue weighted by atomic mass is 10.1. The van der Waals surface area contributed by atoms with E-state index in [9.17, 15) is 13.6 Å². The fourth-order valence-electron chi connectivity index (χ4n) is 4.44. The van der Waals surface area contributed by atoms with Crippen LogP contribution in [0.5, 0.6) is 5.75 Å². The van der Waals surface area contributed by atoms with Gasteiger partial charge in [-0.1, -0.05) is 32.6 Å². The van der Waals surface area contributed by atoms with Gasteiger partial charge in [-0.25, -0.2) is 9.97 Å². The van der Waals surface area contributed by atoms with E-state index in [1.165, 1.54) is 12.4 Å². The Morgan fingerprint density at radius 3 is 2.61 bits per heavy atom. The van der Waals surface area contributed by atoms with Crippen LogP contribution in [0.25, 0.3) is 22.2 Å². The van der Waals surface area contributed by atoms with Gasteiger partial charge in [-0.05, 0) is 31.3 Å². The average molecular weight is 565 g/mol. The number of ether oxygens (including phenoxy) is 1. The van der Waals surface area contributed by atoms with E-state index in [2.05, 4.69) is 51.0 Å². The quantitative estimate of drug-likeness (QED) is 0.212. The highest BCUT2D eigenvalue weighted by Gasteiger charge is 2.19. The monoisotopic (exact) mass is 564 g/mol. The number of anilines is 4. The number of carbonyl (C=O) groups is 1. The zero-order valence-corrected chi connectivity index (χ0v) is 23.6. The number of halogens is 2. The first kappa shape index (κ1) is 29.4. The van der Waals surface area contributed by atoms with E-state index in [4.69, 9.17) is 4.74 Å². The summed E-state index contributed by atoms with van der Waals surface area (Å²) in [6.07, 6.45) is 4.31. The molecule has 0 radical (unpaired) electrons. The van der Waals surface area contributed by atoms with Gasteiger partial charge >= 0.3 is 6.61 Å². The van der Waals surface area contributed by atoms with Crippen LogP contribution in [0.15, 0.2) is 61.6 Å². The number of amides is 1. The van der Waals surface area contributed by atoms with E-state index in [-0.39, 0.29) is 11.4 Å².